The normalized spacial score (nSPS) is 10.8. The van der Waals surface area contributed by atoms with Crippen molar-refractivity contribution in [2.24, 2.45) is 0 Å². The van der Waals surface area contributed by atoms with Crippen LogP contribution in [0.5, 0.6) is 5.75 Å². The van der Waals surface area contributed by atoms with Gasteiger partial charge in [0.1, 0.15) is 17.9 Å². The zero-order chi connectivity index (χ0) is 14.8. The summed E-state index contributed by atoms with van der Waals surface area (Å²) < 4.78 is 19.4. The molecule has 4 heteroatoms. The largest absolute Gasteiger partial charge is 0.497 e. The van der Waals surface area contributed by atoms with Crippen LogP contribution < -0.4 is 4.74 Å². The van der Waals surface area contributed by atoms with E-state index in [9.17, 15) is 9.18 Å². The van der Waals surface area contributed by atoms with Gasteiger partial charge < -0.3 is 14.5 Å². The minimum absolute atomic E-state index is 0.186. The number of hydrogen-bond acceptors (Lipinski definition) is 2. The molecule has 0 aliphatic rings. The monoisotopic (exact) mass is 283 g/mol. The van der Waals surface area contributed by atoms with Crippen molar-refractivity contribution in [2.45, 2.75) is 6.42 Å². The molecule has 1 aromatic heterocycles. The van der Waals surface area contributed by atoms with E-state index in [1.165, 1.54) is 6.07 Å². The number of H-pyrrole nitrogens is 1. The highest BCUT2D eigenvalue weighted by molar-refractivity contribution is 5.88. The lowest BCUT2D eigenvalue weighted by molar-refractivity contribution is -0.107. The fraction of sp³-hybridized carbons (Fsp3) is 0.118. The number of hydrogen-bond donors (Lipinski definition) is 1. The van der Waals surface area contributed by atoms with Crippen LogP contribution >= 0.6 is 0 Å². The van der Waals surface area contributed by atoms with Crippen LogP contribution in [0.1, 0.15) is 5.56 Å². The molecule has 0 unspecified atom stereocenters. The van der Waals surface area contributed by atoms with E-state index < -0.39 is 0 Å². The van der Waals surface area contributed by atoms with Crippen LogP contribution in [0.2, 0.25) is 0 Å². The van der Waals surface area contributed by atoms with Gasteiger partial charge in [-0.3, -0.25) is 0 Å². The number of benzene rings is 2. The molecular weight excluding hydrogens is 269 g/mol. The molecule has 1 N–H and O–H groups in total. The predicted molar refractivity (Wildman–Crippen MR) is 80.0 cm³/mol. The van der Waals surface area contributed by atoms with Crippen molar-refractivity contribution in [2.75, 3.05) is 7.11 Å². The van der Waals surface area contributed by atoms with Crippen molar-refractivity contribution >= 4 is 17.2 Å². The van der Waals surface area contributed by atoms with E-state index in [0.29, 0.717) is 16.8 Å². The predicted octanol–water partition coefficient (Wildman–Crippen LogP) is 3.72. The van der Waals surface area contributed by atoms with Crippen molar-refractivity contribution in [3.05, 3.63) is 53.8 Å². The van der Waals surface area contributed by atoms with Gasteiger partial charge in [0.2, 0.25) is 0 Å². The standard InChI is InChI=1S/C17H14FNO2/c1-21-13-5-6-15-12(9-13)10-16(19-15)17-11(7-8-20)3-2-4-14(17)18/h2-6,8-10,19H,7H2,1H3. The molecule has 0 aliphatic heterocycles. The Morgan fingerprint density at radius 3 is 2.86 bits per heavy atom. The Labute approximate surface area is 121 Å². The summed E-state index contributed by atoms with van der Waals surface area (Å²) in [5.41, 5.74) is 2.67. The van der Waals surface area contributed by atoms with Gasteiger partial charge in [0.15, 0.2) is 0 Å². The minimum atomic E-state index is -0.340. The third-order valence-corrected chi connectivity index (χ3v) is 3.50. The van der Waals surface area contributed by atoms with Gasteiger partial charge in [-0.05, 0) is 35.9 Å². The SMILES string of the molecule is COc1ccc2[nH]c(-c3c(F)cccc3CC=O)cc2c1. The number of aromatic amines is 1. The second-order valence-electron chi connectivity index (χ2n) is 4.78. The van der Waals surface area contributed by atoms with E-state index in [-0.39, 0.29) is 12.2 Å². The summed E-state index contributed by atoms with van der Waals surface area (Å²) >= 11 is 0. The number of nitrogens with one attached hydrogen (secondary N) is 1. The Morgan fingerprint density at radius 2 is 2.10 bits per heavy atom. The zero-order valence-electron chi connectivity index (χ0n) is 11.5. The lowest BCUT2D eigenvalue weighted by Gasteiger charge is -2.06. The van der Waals surface area contributed by atoms with Crippen LogP contribution in [-0.4, -0.2) is 18.4 Å². The van der Waals surface area contributed by atoms with Crippen LogP contribution in [-0.2, 0) is 11.2 Å². The van der Waals surface area contributed by atoms with Gasteiger partial charge in [-0.25, -0.2) is 4.39 Å². The molecule has 0 atom stereocenters. The minimum Gasteiger partial charge on any atom is -0.497 e. The van der Waals surface area contributed by atoms with Gasteiger partial charge in [0.05, 0.1) is 7.11 Å². The van der Waals surface area contributed by atoms with Gasteiger partial charge >= 0.3 is 0 Å². The van der Waals surface area contributed by atoms with Crippen LogP contribution in [0, 0.1) is 5.82 Å². The summed E-state index contributed by atoms with van der Waals surface area (Å²) in [4.78, 5) is 14.0. The molecule has 106 valence electrons. The Balaban J connectivity index is 2.18. The van der Waals surface area contributed by atoms with Crippen molar-refractivity contribution in [1.82, 2.24) is 4.98 Å². The van der Waals surface area contributed by atoms with Gasteiger partial charge in [0.25, 0.3) is 0 Å². The Kier molecular flexibility index (Phi) is 3.44. The highest BCUT2D eigenvalue weighted by atomic mass is 19.1. The molecule has 0 saturated heterocycles. The number of carbonyl (C=O) groups excluding carboxylic acids is 1. The summed E-state index contributed by atoms with van der Waals surface area (Å²) in [6, 6.07) is 12.3. The molecular formula is C17H14FNO2. The van der Waals surface area contributed by atoms with E-state index in [0.717, 1.165) is 22.9 Å². The topological polar surface area (TPSA) is 42.1 Å². The first kappa shape index (κ1) is 13.4. The number of aldehydes is 1. The molecule has 1 heterocycles. The van der Waals surface area contributed by atoms with Gasteiger partial charge in [0, 0.05) is 28.6 Å². The van der Waals surface area contributed by atoms with Crippen LogP contribution in [0.15, 0.2) is 42.5 Å². The summed E-state index contributed by atoms with van der Waals surface area (Å²) in [7, 11) is 1.60. The van der Waals surface area contributed by atoms with E-state index in [1.54, 1.807) is 19.2 Å². The molecule has 0 radical (unpaired) electrons. The van der Waals surface area contributed by atoms with E-state index in [1.807, 2.05) is 24.3 Å². The number of methoxy groups -OCH3 is 1. The smallest absolute Gasteiger partial charge is 0.132 e. The average molecular weight is 283 g/mol. The van der Waals surface area contributed by atoms with E-state index >= 15 is 0 Å². The number of fused-ring (bicyclic) bond motifs is 1. The molecule has 0 aliphatic carbocycles. The molecule has 3 rings (SSSR count). The maximum atomic E-state index is 14.2. The fourth-order valence-corrected chi connectivity index (χ4v) is 2.50. The van der Waals surface area contributed by atoms with Gasteiger partial charge in [-0.2, -0.15) is 0 Å². The molecule has 0 amide bonds. The first-order valence-corrected chi connectivity index (χ1v) is 6.61. The van der Waals surface area contributed by atoms with Crippen LogP contribution in [0.4, 0.5) is 4.39 Å². The molecule has 0 spiro atoms. The number of halogens is 1. The van der Waals surface area contributed by atoms with Crippen LogP contribution in [0.3, 0.4) is 0 Å². The first-order valence-electron chi connectivity index (χ1n) is 6.61. The molecule has 0 fully saturated rings. The van der Waals surface area contributed by atoms with E-state index in [2.05, 4.69) is 4.98 Å². The van der Waals surface area contributed by atoms with Gasteiger partial charge in [-0.15, -0.1) is 0 Å². The van der Waals surface area contributed by atoms with Crippen molar-refractivity contribution in [1.29, 1.82) is 0 Å². The maximum Gasteiger partial charge on any atom is 0.132 e. The molecule has 21 heavy (non-hydrogen) atoms. The lowest BCUT2D eigenvalue weighted by Crippen LogP contribution is -1.94. The van der Waals surface area contributed by atoms with Crippen molar-refractivity contribution < 1.29 is 13.9 Å². The number of rotatable bonds is 4. The summed E-state index contributed by atoms with van der Waals surface area (Å²) in [6.07, 6.45) is 0.968. The molecule has 0 saturated carbocycles. The number of aromatic nitrogens is 1. The first-order chi connectivity index (χ1) is 10.2. The molecule has 3 nitrogen and oxygen atoms in total. The summed E-state index contributed by atoms with van der Waals surface area (Å²) in [6.45, 7) is 0. The third-order valence-electron chi connectivity index (χ3n) is 3.50. The highest BCUT2D eigenvalue weighted by Gasteiger charge is 2.13. The fourth-order valence-electron chi connectivity index (χ4n) is 2.50. The Morgan fingerprint density at radius 1 is 1.24 bits per heavy atom. The molecule has 0 bridgehead atoms. The van der Waals surface area contributed by atoms with E-state index in [4.69, 9.17) is 4.74 Å². The second kappa shape index (κ2) is 5.40. The quantitative estimate of drug-likeness (QED) is 0.741. The maximum absolute atomic E-state index is 14.2. The Bertz CT molecular complexity index is 808. The van der Waals surface area contributed by atoms with Crippen LogP contribution in [0.25, 0.3) is 22.2 Å². The van der Waals surface area contributed by atoms with Crippen molar-refractivity contribution in [3.8, 4) is 17.0 Å². The number of carbonyl (C=O) groups is 1. The third kappa shape index (κ3) is 2.40. The lowest BCUT2D eigenvalue weighted by atomic mass is 10.0. The average Bonchev–Trinajstić information content (AvgIpc) is 2.89. The summed E-state index contributed by atoms with van der Waals surface area (Å²) in [5.74, 6) is 0.405. The van der Waals surface area contributed by atoms with Gasteiger partial charge in [-0.1, -0.05) is 12.1 Å². The summed E-state index contributed by atoms with van der Waals surface area (Å²) in [5, 5.41) is 0.935. The molecule has 3 aromatic rings. The number of ether oxygens (including phenoxy) is 1. The second-order valence-corrected chi connectivity index (χ2v) is 4.78. The Hall–Kier alpha value is -2.62. The zero-order valence-corrected chi connectivity index (χ0v) is 11.5. The highest BCUT2D eigenvalue weighted by Crippen LogP contribution is 2.31. The van der Waals surface area contributed by atoms with Crippen molar-refractivity contribution in [3.63, 3.8) is 0 Å². The molecule has 2 aromatic carbocycles.